The first-order chi connectivity index (χ1) is 4.74. The van der Waals surface area contributed by atoms with Crippen molar-refractivity contribution in [3.8, 4) is 6.07 Å². The van der Waals surface area contributed by atoms with Gasteiger partial charge in [-0.05, 0) is 43.2 Å². The first-order valence-electron chi connectivity index (χ1n) is 3.13. The van der Waals surface area contributed by atoms with E-state index >= 15 is 0 Å². The first kappa shape index (κ1) is 6.82. The molecule has 0 amide bonds. The minimum atomic E-state index is 0.747. The fourth-order valence-corrected chi connectivity index (χ4v) is 0.792. The normalized spacial score (nSPS) is 8.90. The third kappa shape index (κ3) is 1.16. The van der Waals surface area contributed by atoms with Crippen LogP contribution in [0.4, 0.5) is 0 Å². The summed E-state index contributed by atoms with van der Waals surface area (Å²) >= 11 is 0. The van der Waals surface area contributed by atoms with Gasteiger partial charge in [0.25, 0.3) is 0 Å². The molecule has 1 aromatic rings. The lowest BCUT2D eigenvalue weighted by Gasteiger charge is -1.95. The van der Waals surface area contributed by atoms with Gasteiger partial charge in [0.1, 0.15) is 0 Å². The van der Waals surface area contributed by atoms with Crippen LogP contribution in [-0.2, 0) is 0 Å². The minimum absolute atomic E-state index is 0.747. The second-order valence-electron chi connectivity index (χ2n) is 2.32. The Morgan fingerprint density at radius 2 is 2.20 bits per heavy atom. The predicted octanol–water partition coefficient (Wildman–Crippen LogP) is 1.98. The summed E-state index contributed by atoms with van der Waals surface area (Å²) in [5.74, 6) is 0. The van der Waals surface area contributed by atoms with Crippen molar-refractivity contribution in [1.82, 2.24) is 0 Å². The zero-order valence-electron chi connectivity index (χ0n) is 6.10. The highest BCUT2D eigenvalue weighted by Crippen LogP contribution is 2.07. The molecule has 1 radical (unpaired) electrons. The average Bonchev–Trinajstić information content (AvgIpc) is 1.94. The van der Waals surface area contributed by atoms with Gasteiger partial charge in [0, 0.05) is 0 Å². The van der Waals surface area contributed by atoms with Crippen molar-refractivity contribution in [3.63, 3.8) is 0 Å². The molecule has 0 N–H and O–H groups in total. The zero-order valence-corrected chi connectivity index (χ0v) is 6.10. The Hall–Kier alpha value is -1.29. The second kappa shape index (κ2) is 2.53. The van der Waals surface area contributed by atoms with Crippen LogP contribution >= 0.6 is 0 Å². The Bertz CT molecular complexity index is 281. The number of benzene rings is 1. The summed E-state index contributed by atoms with van der Waals surface area (Å²) in [6, 6.07) is 8.82. The van der Waals surface area contributed by atoms with Crippen molar-refractivity contribution in [2.45, 2.75) is 13.8 Å². The molecular weight excluding hydrogens is 122 g/mol. The molecule has 0 unspecified atom stereocenters. The molecule has 0 saturated carbocycles. The topological polar surface area (TPSA) is 23.8 Å². The smallest absolute Gasteiger partial charge is 0.0994 e. The largest absolute Gasteiger partial charge is 0.192 e. The van der Waals surface area contributed by atoms with Crippen LogP contribution in [0, 0.1) is 31.2 Å². The summed E-state index contributed by atoms with van der Waals surface area (Å²) in [4.78, 5) is 0. The van der Waals surface area contributed by atoms with Crippen molar-refractivity contribution in [3.05, 3.63) is 34.9 Å². The van der Waals surface area contributed by atoms with Gasteiger partial charge in [-0.25, -0.2) is 0 Å². The molecule has 0 aromatic heterocycles. The molecule has 0 aliphatic carbocycles. The predicted molar refractivity (Wildman–Crippen MR) is 39.5 cm³/mol. The van der Waals surface area contributed by atoms with Crippen LogP contribution in [0.1, 0.15) is 16.7 Å². The summed E-state index contributed by atoms with van der Waals surface area (Å²) in [5, 5.41) is 8.58. The molecule has 1 nitrogen and oxygen atoms in total. The number of hydrogen-bond acceptors (Lipinski definition) is 1. The van der Waals surface area contributed by atoms with Crippen molar-refractivity contribution < 1.29 is 0 Å². The van der Waals surface area contributed by atoms with Gasteiger partial charge in [0.05, 0.1) is 11.6 Å². The number of nitriles is 1. The highest BCUT2D eigenvalue weighted by atomic mass is 14.2. The lowest BCUT2D eigenvalue weighted by Crippen LogP contribution is -1.82. The van der Waals surface area contributed by atoms with Crippen LogP contribution < -0.4 is 0 Å². The molecule has 0 aliphatic heterocycles. The molecule has 0 spiro atoms. The summed E-state index contributed by atoms with van der Waals surface area (Å²) in [6.07, 6.45) is 0. The average molecular weight is 130 g/mol. The number of aryl methyl sites for hydroxylation is 2. The van der Waals surface area contributed by atoms with Gasteiger partial charge in [-0.1, -0.05) is 0 Å². The van der Waals surface area contributed by atoms with E-state index in [1.54, 1.807) is 0 Å². The molecule has 1 rings (SSSR count). The lowest BCUT2D eigenvalue weighted by atomic mass is 10.1. The summed E-state index contributed by atoms with van der Waals surface area (Å²) in [7, 11) is 0. The Labute approximate surface area is 60.9 Å². The quantitative estimate of drug-likeness (QED) is 0.526. The van der Waals surface area contributed by atoms with E-state index in [-0.39, 0.29) is 0 Å². The van der Waals surface area contributed by atoms with Crippen LogP contribution in [0.15, 0.2) is 12.1 Å². The third-order valence-corrected chi connectivity index (χ3v) is 1.42. The van der Waals surface area contributed by atoms with E-state index in [0.29, 0.717) is 0 Å². The highest BCUT2D eigenvalue weighted by molar-refractivity contribution is 5.38. The number of rotatable bonds is 0. The summed E-state index contributed by atoms with van der Waals surface area (Å²) in [6.45, 7) is 3.84. The van der Waals surface area contributed by atoms with E-state index in [1.165, 1.54) is 0 Å². The zero-order chi connectivity index (χ0) is 7.56. The van der Waals surface area contributed by atoms with Crippen molar-refractivity contribution in [2.75, 3.05) is 0 Å². The van der Waals surface area contributed by atoms with Gasteiger partial charge >= 0.3 is 0 Å². The highest BCUT2D eigenvalue weighted by Gasteiger charge is 1.94. The Balaban J connectivity index is 3.25. The van der Waals surface area contributed by atoms with E-state index in [9.17, 15) is 0 Å². The molecule has 1 aromatic carbocycles. The van der Waals surface area contributed by atoms with E-state index in [2.05, 4.69) is 12.1 Å². The van der Waals surface area contributed by atoms with E-state index in [4.69, 9.17) is 5.26 Å². The maximum atomic E-state index is 8.58. The maximum absolute atomic E-state index is 8.58. The maximum Gasteiger partial charge on any atom is 0.0994 e. The molecular formula is C9H8N. The lowest BCUT2D eigenvalue weighted by molar-refractivity contribution is 1.34. The van der Waals surface area contributed by atoms with Gasteiger partial charge in [0.15, 0.2) is 0 Å². The molecule has 0 heterocycles. The molecule has 0 bridgehead atoms. The van der Waals surface area contributed by atoms with Crippen LogP contribution in [0.3, 0.4) is 0 Å². The van der Waals surface area contributed by atoms with Crippen LogP contribution in [0.5, 0.6) is 0 Å². The van der Waals surface area contributed by atoms with E-state index < -0.39 is 0 Å². The summed E-state index contributed by atoms with van der Waals surface area (Å²) < 4.78 is 0. The fourth-order valence-electron chi connectivity index (χ4n) is 0.792. The van der Waals surface area contributed by atoms with Crippen LogP contribution in [0.2, 0.25) is 0 Å². The van der Waals surface area contributed by atoms with Gasteiger partial charge in [-0.3, -0.25) is 0 Å². The minimum Gasteiger partial charge on any atom is -0.192 e. The monoisotopic (exact) mass is 130 g/mol. The molecule has 0 fully saturated rings. The number of hydrogen-bond donors (Lipinski definition) is 0. The van der Waals surface area contributed by atoms with Gasteiger partial charge < -0.3 is 0 Å². The Kier molecular flexibility index (Phi) is 1.73. The fraction of sp³-hybridized carbons (Fsp3) is 0.222. The third-order valence-electron chi connectivity index (χ3n) is 1.42. The molecule has 1 heteroatoms. The van der Waals surface area contributed by atoms with Gasteiger partial charge in [0.2, 0.25) is 0 Å². The van der Waals surface area contributed by atoms with Crippen molar-refractivity contribution in [2.24, 2.45) is 0 Å². The molecule has 0 aliphatic rings. The molecule has 49 valence electrons. The number of nitrogens with zero attached hydrogens (tertiary/aromatic N) is 1. The SMILES string of the molecule is Cc1[c]cc(C)c(C#N)c1. The van der Waals surface area contributed by atoms with Crippen LogP contribution in [0.25, 0.3) is 0 Å². The molecule has 10 heavy (non-hydrogen) atoms. The Morgan fingerprint density at radius 3 is 2.70 bits per heavy atom. The van der Waals surface area contributed by atoms with Gasteiger partial charge in [-0.2, -0.15) is 5.26 Å². The van der Waals surface area contributed by atoms with Crippen molar-refractivity contribution >= 4 is 0 Å². The van der Waals surface area contributed by atoms with Crippen LogP contribution in [-0.4, -0.2) is 0 Å². The first-order valence-corrected chi connectivity index (χ1v) is 3.13. The molecule has 0 atom stereocenters. The molecule has 0 saturated heterocycles. The Morgan fingerprint density at radius 1 is 1.50 bits per heavy atom. The van der Waals surface area contributed by atoms with Crippen molar-refractivity contribution in [1.29, 1.82) is 5.26 Å². The summed E-state index contributed by atoms with van der Waals surface area (Å²) in [5.41, 5.74) is 2.76. The van der Waals surface area contributed by atoms with E-state index in [1.807, 2.05) is 26.0 Å². The van der Waals surface area contributed by atoms with Gasteiger partial charge in [-0.15, -0.1) is 0 Å². The second-order valence-corrected chi connectivity index (χ2v) is 2.32. The standard InChI is InChI=1S/C9H8N/c1-7-3-4-8(2)9(5-7)6-10/h4-5H,1-2H3. The van der Waals surface area contributed by atoms with E-state index in [0.717, 1.165) is 16.7 Å².